The Labute approximate surface area is 168 Å². The van der Waals surface area contributed by atoms with Gasteiger partial charge in [-0.3, -0.25) is 14.6 Å². The van der Waals surface area contributed by atoms with Crippen LogP contribution >= 0.6 is 11.6 Å². The Bertz CT molecular complexity index is 1240. The van der Waals surface area contributed by atoms with E-state index in [9.17, 15) is 24.6 Å². The molecule has 3 rings (SSSR count). The number of allylic oxidation sites excluding steroid dienone is 1. The normalized spacial score (nSPS) is 11.0. The van der Waals surface area contributed by atoms with Crippen molar-refractivity contribution in [2.75, 3.05) is 7.11 Å². The molecular formula is C20H15ClN2O6. The van der Waals surface area contributed by atoms with Gasteiger partial charge in [-0.1, -0.05) is 35.9 Å². The molecule has 0 saturated heterocycles. The van der Waals surface area contributed by atoms with Crippen LogP contribution in [0, 0.1) is 0 Å². The Balaban J connectivity index is 2.06. The van der Waals surface area contributed by atoms with E-state index >= 15 is 0 Å². The first-order valence-electron chi connectivity index (χ1n) is 8.26. The summed E-state index contributed by atoms with van der Waals surface area (Å²) in [5.41, 5.74) is -1.98. The second kappa shape index (κ2) is 8.07. The van der Waals surface area contributed by atoms with Gasteiger partial charge in [0.15, 0.2) is 17.3 Å². The molecule has 0 spiro atoms. The van der Waals surface area contributed by atoms with Crippen molar-refractivity contribution in [1.82, 2.24) is 9.55 Å². The fourth-order valence-electron chi connectivity index (χ4n) is 2.66. The van der Waals surface area contributed by atoms with E-state index in [4.69, 9.17) is 16.3 Å². The Kier molecular flexibility index (Phi) is 5.56. The van der Waals surface area contributed by atoms with Crippen LogP contribution < -0.4 is 16.0 Å². The average molecular weight is 415 g/mol. The summed E-state index contributed by atoms with van der Waals surface area (Å²) in [7, 11) is 1.38. The molecule has 148 valence electrons. The SMILES string of the molecule is COc1cc(C=CC(=O)c2c(O)n(-c3ccccc3Cl)c(=O)[nH]c2=O)ccc1O. The second-order valence-corrected chi connectivity index (χ2v) is 6.28. The van der Waals surface area contributed by atoms with Crippen molar-refractivity contribution in [2.24, 2.45) is 0 Å². The van der Waals surface area contributed by atoms with Gasteiger partial charge >= 0.3 is 5.69 Å². The lowest BCUT2D eigenvalue weighted by Gasteiger charge is -2.11. The first kappa shape index (κ1) is 20.0. The highest BCUT2D eigenvalue weighted by Gasteiger charge is 2.21. The first-order valence-corrected chi connectivity index (χ1v) is 8.64. The predicted octanol–water partition coefficient (Wildman–Crippen LogP) is 2.50. The minimum absolute atomic E-state index is 0.0723. The minimum atomic E-state index is -1.03. The Morgan fingerprint density at radius 3 is 2.59 bits per heavy atom. The smallest absolute Gasteiger partial charge is 0.335 e. The third-order valence-electron chi connectivity index (χ3n) is 4.06. The van der Waals surface area contributed by atoms with Crippen LogP contribution in [0.4, 0.5) is 0 Å². The molecule has 9 heteroatoms. The Morgan fingerprint density at radius 2 is 1.90 bits per heavy atom. The molecule has 0 aliphatic heterocycles. The van der Waals surface area contributed by atoms with Crippen LogP contribution in [0.25, 0.3) is 11.8 Å². The summed E-state index contributed by atoms with van der Waals surface area (Å²) in [5, 5.41) is 20.2. The molecule has 0 aliphatic carbocycles. The number of hydrogen-bond donors (Lipinski definition) is 3. The van der Waals surface area contributed by atoms with Gasteiger partial charge < -0.3 is 14.9 Å². The molecule has 1 heterocycles. The second-order valence-electron chi connectivity index (χ2n) is 5.87. The predicted molar refractivity (Wildman–Crippen MR) is 107 cm³/mol. The number of para-hydroxylation sites is 1. The number of halogens is 1. The number of H-pyrrole nitrogens is 1. The number of aromatic hydroxyl groups is 2. The number of ketones is 1. The topological polar surface area (TPSA) is 122 Å². The molecule has 2 aromatic carbocycles. The zero-order valence-corrected chi connectivity index (χ0v) is 15.8. The number of nitrogens with one attached hydrogen (secondary N) is 1. The first-order chi connectivity index (χ1) is 13.8. The maximum absolute atomic E-state index is 12.6. The van der Waals surface area contributed by atoms with Crippen molar-refractivity contribution in [3.05, 3.63) is 85.5 Å². The van der Waals surface area contributed by atoms with Gasteiger partial charge in [-0.2, -0.15) is 0 Å². The van der Waals surface area contributed by atoms with Crippen LogP contribution in [0.3, 0.4) is 0 Å². The molecular weight excluding hydrogens is 400 g/mol. The number of aromatic amines is 1. The van der Waals surface area contributed by atoms with Gasteiger partial charge in [0.1, 0.15) is 5.56 Å². The van der Waals surface area contributed by atoms with Gasteiger partial charge in [-0.25, -0.2) is 9.36 Å². The zero-order chi connectivity index (χ0) is 21.1. The van der Waals surface area contributed by atoms with E-state index in [0.717, 1.165) is 10.6 Å². The van der Waals surface area contributed by atoms with Gasteiger partial charge in [0.25, 0.3) is 5.56 Å². The van der Waals surface area contributed by atoms with Crippen LogP contribution in [-0.2, 0) is 0 Å². The molecule has 0 bridgehead atoms. The summed E-state index contributed by atoms with van der Waals surface area (Å²) in [6.45, 7) is 0. The summed E-state index contributed by atoms with van der Waals surface area (Å²) in [4.78, 5) is 38.9. The molecule has 0 atom stereocenters. The van der Waals surface area contributed by atoms with E-state index in [1.807, 2.05) is 4.98 Å². The van der Waals surface area contributed by atoms with E-state index in [-0.39, 0.29) is 22.2 Å². The quantitative estimate of drug-likeness (QED) is 0.435. The fraction of sp³-hybridized carbons (Fsp3) is 0.0500. The lowest BCUT2D eigenvalue weighted by molar-refractivity contribution is 0.104. The number of hydrogen-bond acceptors (Lipinski definition) is 6. The van der Waals surface area contributed by atoms with Crippen molar-refractivity contribution < 1.29 is 19.7 Å². The van der Waals surface area contributed by atoms with Crippen LogP contribution in [0.15, 0.2) is 58.1 Å². The molecule has 1 aromatic heterocycles. The van der Waals surface area contributed by atoms with Gasteiger partial charge in [0.2, 0.25) is 5.88 Å². The fourth-order valence-corrected chi connectivity index (χ4v) is 2.88. The summed E-state index contributed by atoms with van der Waals surface area (Å²) in [6.07, 6.45) is 2.42. The highest BCUT2D eigenvalue weighted by atomic mass is 35.5. The summed E-state index contributed by atoms with van der Waals surface area (Å²) in [6, 6.07) is 10.5. The number of carbonyl (C=O) groups excluding carboxylic acids is 1. The molecule has 0 saturated carbocycles. The standard InChI is InChI=1S/C20H15ClN2O6/c1-29-16-10-11(6-8-14(16)24)7-9-15(25)17-18(26)22-20(28)23(19(17)27)13-5-3-2-4-12(13)21/h2-10,24,27H,1H3,(H,22,26,28). The summed E-state index contributed by atoms with van der Waals surface area (Å²) >= 11 is 6.06. The lowest BCUT2D eigenvalue weighted by atomic mass is 10.1. The van der Waals surface area contributed by atoms with Gasteiger partial charge in [0.05, 0.1) is 17.8 Å². The molecule has 29 heavy (non-hydrogen) atoms. The molecule has 0 fully saturated rings. The average Bonchev–Trinajstić information content (AvgIpc) is 2.68. The Morgan fingerprint density at radius 1 is 1.17 bits per heavy atom. The number of nitrogens with zero attached hydrogens (tertiary/aromatic N) is 1. The highest BCUT2D eigenvalue weighted by Crippen LogP contribution is 2.27. The third kappa shape index (κ3) is 3.92. The van der Waals surface area contributed by atoms with E-state index in [2.05, 4.69) is 0 Å². The molecule has 0 aliphatic rings. The van der Waals surface area contributed by atoms with Crippen LogP contribution in [0.1, 0.15) is 15.9 Å². The van der Waals surface area contributed by atoms with Crippen molar-refractivity contribution in [3.8, 4) is 23.1 Å². The van der Waals surface area contributed by atoms with Gasteiger partial charge in [-0.05, 0) is 35.9 Å². The molecule has 8 nitrogen and oxygen atoms in total. The number of phenols is 1. The molecule has 3 N–H and O–H groups in total. The monoisotopic (exact) mass is 414 g/mol. The van der Waals surface area contributed by atoms with Crippen molar-refractivity contribution in [3.63, 3.8) is 0 Å². The lowest BCUT2D eigenvalue weighted by Crippen LogP contribution is -2.32. The number of ether oxygens (including phenoxy) is 1. The molecule has 0 amide bonds. The van der Waals surface area contributed by atoms with Gasteiger partial charge in [-0.15, -0.1) is 0 Å². The number of phenolic OH excluding ortho intramolecular Hbond substituents is 1. The van der Waals surface area contributed by atoms with E-state index < -0.39 is 28.5 Å². The van der Waals surface area contributed by atoms with E-state index in [1.165, 1.54) is 43.5 Å². The van der Waals surface area contributed by atoms with E-state index in [0.29, 0.717) is 5.56 Å². The Hall–Kier alpha value is -3.78. The molecule has 0 unspecified atom stereocenters. The van der Waals surface area contributed by atoms with Crippen molar-refractivity contribution >= 4 is 23.5 Å². The van der Waals surface area contributed by atoms with Gasteiger partial charge in [0, 0.05) is 0 Å². The number of benzene rings is 2. The van der Waals surface area contributed by atoms with Crippen LogP contribution in [-0.4, -0.2) is 32.7 Å². The number of carbonyl (C=O) groups is 1. The number of methoxy groups -OCH3 is 1. The zero-order valence-electron chi connectivity index (χ0n) is 15.0. The van der Waals surface area contributed by atoms with Crippen LogP contribution in [0.5, 0.6) is 17.4 Å². The maximum atomic E-state index is 12.6. The highest BCUT2D eigenvalue weighted by molar-refractivity contribution is 6.32. The van der Waals surface area contributed by atoms with Crippen molar-refractivity contribution in [1.29, 1.82) is 0 Å². The third-order valence-corrected chi connectivity index (χ3v) is 4.38. The molecule has 3 aromatic rings. The largest absolute Gasteiger partial charge is 0.504 e. The maximum Gasteiger partial charge on any atom is 0.335 e. The van der Waals surface area contributed by atoms with E-state index in [1.54, 1.807) is 12.1 Å². The summed E-state index contributed by atoms with van der Waals surface area (Å²) < 4.78 is 5.73. The molecule has 0 radical (unpaired) electrons. The van der Waals surface area contributed by atoms with Crippen LogP contribution in [0.2, 0.25) is 5.02 Å². The number of rotatable bonds is 5. The summed E-state index contributed by atoms with van der Waals surface area (Å²) in [5.74, 6) is -1.54. The number of aromatic nitrogens is 2. The van der Waals surface area contributed by atoms with Crippen molar-refractivity contribution in [2.45, 2.75) is 0 Å². The minimum Gasteiger partial charge on any atom is -0.504 e.